The van der Waals surface area contributed by atoms with Crippen molar-refractivity contribution in [2.45, 2.75) is 12.5 Å². The van der Waals surface area contributed by atoms with Crippen molar-refractivity contribution < 1.29 is 14.7 Å². The number of nitrogens with two attached hydrogens (primary N) is 1. The van der Waals surface area contributed by atoms with Crippen molar-refractivity contribution in [3.63, 3.8) is 0 Å². The van der Waals surface area contributed by atoms with Crippen LogP contribution in [-0.4, -0.2) is 30.3 Å². The van der Waals surface area contributed by atoms with Crippen molar-refractivity contribution in [3.05, 3.63) is 42.3 Å². The highest BCUT2D eigenvalue weighted by Crippen LogP contribution is 2.29. The molecule has 108 valence electrons. The predicted octanol–water partition coefficient (Wildman–Crippen LogP) is 1.11. The lowest BCUT2D eigenvalue weighted by atomic mass is 10.1. The van der Waals surface area contributed by atoms with Gasteiger partial charge in [0.2, 0.25) is 11.7 Å². The van der Waals surface area contributed by atoms with Crippen LogP contribution in [-0.2, 0) is 6.42 Å². The molecule has 0 aliphatic rings. The number of H-pyrrole nitrogens is 1. The first-order chi connectivity index (χ1) is 10.1. The van der Waals surface area contributed by atoms with E-state index in [4.69, 9.17) is 10.3 Å². The average Bonchev–Trinajstić information content (AvgIpc) is 3.12. The molecule has 0 saturated carbocycles. The fraction of sp³-hybridized carbons (Fsp3) is 0.154. The molecule has 0 radical (unpaired) electrons. The van der Waals surface area contributed by atoms with Crippen molar-refractivity contribution in [1.82, 2.24) is 20.1 Å². The summed E-state index contributed by atoms with van der Waals surface area (Å²) in [5, 5.41) is 22.6. The molecule has 0 aliphatic carbocycles. The van der Waals surface area contributed by atoms with Crippen LogP contribution in [0.15, 0.2) is 35.2 Å². The van der Waals surface area contributed by atoms with Crippen LogP contribution in [0.1, 0.15) is 17.6 Å². The second-order valence-corrected chi connectivity index (χ2v) is 4.55. The van der Waals surface area contributed by atoms with Crippen LogP contribution in [0.25, 0.3) is 11.4 Å². The lowest BCUT2D eigenvalue weighted by Crippen LogP contribution is -2.13. The molecule has 0 unspecified atom stereocenters. The van der Waals surface area contributed by atoms with Gasteiger partial charge in [0.15, 0.2) is 11.5 Å². The summed E-state index contributed by atoms with van der Waals surface area (Å²) in [5.74, 6) is 0.117. The van der Waals surface area contributed by atoms with Crippen LogP contribution in [0.4, 0.5) is 0 Å². The number of aromatic amines is 1. The van der Waals surface area contributed by atoms with Gasteiger partial charge in [-0.1, -0.05) is 5.16 Å². The molecule has 1 aromatic carbocycles. The zero-order valence-corrected chi connectivity index (χ0v) is 10.9. The molecule has 3 aromatic rings. The Morgan fingerprint density at radius 3 is 2.86 bits per heavy atom. The van der Waals surface area contributed by atoms with Crippen molar-refractivity contribution >= 4 is 0 Å². The summed E-state index contributed by atoms with van der Waals surface area (Å²) in [6.45, 7) is 0. The van der Waals surface area contributed by atoms with E-state index < -0.39 is 6.04 Å². The number of hydrogen-bond donors (Lipinski definition) is 4. The van der Waals surface area contributed by atoms with Gasteiger partial charge in [-0.15, -0.1) is 0 Å². The summed E-state index contributed by atoms with van der Waals surface area (Å²) < 4.78 is 5.14. The van der Waals surface area contributed by atoms with E-state index in [2.05, 4.69) is 20.1 Å². The van der Waals surface area contributed by atoms with Crippen molar-refractivity contribution in [1.29, 1.82) is 0 Å². The Hall–Kier alpha value is -2.87. The standard InChI is InChI=1S/C13H13N5O3/c14-9(4-8-5-15-6-16-8)13-17-12(18-21-13)7-1-2-10(19)11(20)3-7/h1-3,5-6,9,19-20H,4,14H2,(H,15,16)/t9-/m0/s1. The molecule has 0 bridgehead atoms. The third-order valence-electron chi connectivity index (χ3n) is 2.99. The average molecular weight is 287 g/mol. The number of aromatic hydroxyl groups is 2. The summed E-state index contributed by atoms with van der Waals surface area (Å²) in [5.41, 5.74) is 7.39. The topological polar surface area (TPSA) is 134 Å². The molecule has 5 N–H and O–H groups in total. The molecule has 2 aromatic heterocycles. The Labute approximate surface area is 119 Å². The van der Waals surface area contributed by atoms with Gasteiger partial charge in [0.1, 0.15) is 0 Å². The van der Waals surface area contributed by atoms with E-state index in [0.717, 1.165) is 5.69 Å². The van der Waals surface area contributed by atoms with E-state index in [0.29, 0.717) is 17.8 Å². The molecule has 8 nitrogen and oxygen atoms in total. The van der Waals surface area contributed by atoms with Crippen LogP contribution in [0.5, 0.6) is 11.5 Å². The first-order valence-electron chi connectivity index (χ1n) is 6.22. The van der Waals surface area contributed by atoms with Gasteiger partial charge >= 0.3 is 0 Å². The molecule has 0 amide bonds. The summed E-state index contributed by atoms with van der Waals surface area (Å²) in [6, 6.07) is 3.82. The molecular weight excluding hydrogens is 274 g/mol. The summed E-state index contributed by atoms with van der Waals surface area (Å²) in [6.07, 6.45) is 3.73. The number of nitrogens with one attached hydrogen (secondary N) is 1. The number of phenolic OH excluding ortho intramolecular Hbond substituents is 2. The zero-order chi connectivity index (χ0) is 14.8. The largest absolute Gasteiger partial charge is 0.504 e. The van der Waals surface area contributed by atoms with Gasteiger partial charge in [0, 0.05) is 23.9 Å². The van der Waals surface area contributed by atoms with Crippen molar-refractivity contribution in [2.24, 2.45) is 5.73 Å². The van der Waals surface area contributed by atoms with Gasteiger partial charge in [-0.05, 0) is 18.2 Å². The highest BCUT2D eigenvalue weighted by atomic mass is 16.5. The number of benzene rings is 1. The molecular formula is C13H13N5O3. The van der Waals surface area contributed by atoms with Gasteiger partial charge in [-0.2, -0.15) is 4.98 Å². The zero-order valence-electron chi connectivity index (χ0n) is 10.9. The third-order valence-corrected chi connectivity index (χ3v) is 2.99. The quantitative estimate of drug-likeness (QED) is 0.528. The minimum atomic E-state index is -0.461. The molecule has 21 heavy (non-hydrogen) atoms. The van der Waals surface area contributed by atoms with E-state index >= 15 is 0 Å². The second-order valence-electron chi connectivity index (χ2n) is 4.55. The van der Waals surface area contributed by atoms with E-state index in [9.17, 15) is 10.2 Å². The normalized spacial score (nSPS) is 12.4. The van der Waals surface area contributed by atoms with Gasteiger partial charge in [-0.3, -0.25) is 0 Å². The molecule has 2 heterocycles. The van der Waals surface area contributed by atoms with Crippen molar-refractivity contribution in [2.75, 3.05) is 0 Å². The molecule has 3 rings (SSSR count). The monoisotopic (exact) mass is 287 g/mol. The maximum absolute atomic E-state index is 9.48. The van der Waals surface area contributed by atoms with Gasteiger partial charge in [0.25, 0.3) is 0 Å². The number of rotatable bonds is 4. The molecule has 0 aliphatic heterocycles. The Morgan fingerprint density at radius 1 is 1.29 bits per heavy atom. The first-order valence-corrected chi connectivity index (χ1v) is 6.22. The third kappa shape index (κ3) is 2.70. The SMILES string of the molecule is N[C@@H](Cc1cnc[nH]1)c1nc(-c2ccc(O)c(O)c2)no1. The minimum absolute atomic E-state index is 0.210. The molecule has 1 atom stereocenters. The Morgan fingerprint density at radius 2 is 2.14 bits per heavy atom. The predicted molar refractivity (Wildman–Crippen MR) is 72.3 cm³/mol. The summed E-state index contributed by atoms with van der Waals surface area (Å²) in [4.78, 5) is 11.1. The summed E-state index contributed by atoms with van der Waals surface area (Å²) >= 11 is 0. The van der Waals surface area contributed by atoms with Crippen molar-refractivity contribution in [3.8, 4) is 22.9 Å². The molecule has 8 heteroatoms. The lowest BCUT2D eigenvalue weighted by Gasteiger charge is -2.03. The van der Waals surface area contributed by atoms with Gasteiger partial charge in [0.05, 0.1) is 12.4 Å². The fourth-order valence-electron chi connectivity index (χ4n) is 1.89. The second kappa shape index (κ2) is 5.25. The number of imidazole rings is 1. The van der Waals surface area contributed by atoms with Crippen LogP contribution in [0.2, 0.25) is 0 Å². The number of aromatic nitrogens is 4. The first kappa shape index (κ1) is 13.1. The molecule has 0 spiro atoms. The molecule has 0 saturated heterocycles. The maximum Gasteiger partial charge on any atom is 0.244 e. The lowest BCUT2D eigenvalue weighted by molar-refractivity contribution is 0.354. The summed E-state index contributed by atoms with van der Waals surface area (Å²) in [7, 11) is 0. The Balaban J connectivity index is 1.80. The number of nitrogens with zero attached hydrogens (tertiary/aromatic N) is 3. The van der Waals surface area contributed by atoms with Gasteiger partial charge < -0.3 is 25.5 Å². The van der Waals surface area contributed by atoms with E-state index in [1.165, 1.54) is 12.1 Å². The number of hydrogen-bond acceptors (Lipinski definition) is 7. The van der Waals surface area contributed by atoms with Gasteiger partial charge in [-0.25, -0.2) is 4.98 Å². The Kier molecular flexibility index (Phi) is 3.28. The minimum Gasteiger partial charge on any atom is -0.504 e. The van der Waals surface area contributed by atoms with Crippen LogP contribution >= 0.6 is 0 Å². The van der Waals surface area contributed by atoms with Crippen LogP contribution in [0.3, 0.4) is 0 Å². The van der Waals surface area contributed by atoms with Crippen LogP contribution < -0.4 is 5.73 Å². The Bertz CT molecular complexity index is 738. The maximum atomic E-state index is 9.48. The molecule has 0 fully saturated rings. The number of phenols is 2. The highest BCUT2D eigenvalue weighted by Gasteiger charge is 2.17. The smallest absolute Gasteiger partial charge is 0.244 e. The highest BCUT2D eigenvalue weighted by molar-refractivity contribution is 5.59. The fourth-order valence-corrected chi connectivity index (χ4v) is 1.89. The van der Waals surface area contributed by atoms with E-state index in [-0.39, 0.29) is 17.4 Å². The van der Waals surface area contributed by atoms with E-state index in [1.807, 2.05) is 0 Å². The van der Waals surface area contributed by atoms with Crippen LogP contribution in [0, 0.1) is 0 Å². The van der Waals surface area contributed by atoms with E-state index in [1.54, 1.807) is 18.6 Å².